The molecule has 0 unspecified atom stereocenters. The van der Waals surface area contributed by atoms with E-state index in [1.54, 1.807) is 6.92 Å². The molecule has 1 amide bonds. The number of hydrogen-bond acceptors (Lipinski definition) is 3. The van der Waals surface area contributed by atoms with Crippen LogP contribution in [0.15, 0.2) is 35.2 Å². The number of benzene rings is 1. The molecule has 1 aromatic carbocycles. The van der Waals surface area contributed by atoms with Gasteiger partial charge in [0.1, 0.15) is 10.7 Å². The predicted molar refractivity (Wildman–Crippen MR) is 61.2 cm³/mol. The van der Waals surface area contributed by atoms with Gasteiger partial charge in [0.25, 0.3) is 0 Å². The fourth-order valence-electron chi connectivity index (χ4n) is 1.17. The van der Waals surface area contributed by atoms with Gasteiger partial charge in [-0.1, -0.05) is 6.08 Å². The summed E-state index contributed by atoms with van der Waals surface area (Å²) < 4.78 is 35.3. The number of anilines is 1. The van der Waals surface area contributed by atoms with E-state index in [4.69, 9.17) is 5.14 Å². The lowest BCUT2D eigenvalue weighted by atomic mass is 10.3. The van der Waals surface area contributed by atoms with Crippen molar-refractivity contribution in [3.05, 3.63) is 36.2 Å². The highest BCUT2D eigenvalue weighted by molar-refractivity contribution is 7.89. The predicted octanol–water partition coefficient (Wildman–Crippen LogP) is 0.988. The summed E-state index contributed by atoms with van der Waals surface area (Å²) in [5, 5.41) is 7.17. The summed E-state index contributed by atoms with van der Waals surface area (Å²) in [5.74, 6) is -1.24. The van der Waals surface area contributed by atoms with Crippen molar-refractivity contribution < 1.29 is 17.6 Å². The van der Waals surface area contributed by atoms with Gasteiger partial charge in [-0.25, -0.2) is 17.9 Å². The molecule has 1 rings (SSSR count). The van der Waals surface area contributed by atoms with Gasteiger partial charge in [-0.05, 0) is 31.2 Å². The highest BCUT2D eigenvalue weighted by atomic mass is 32.2. The normalized spacial score (nSPS) is 11.7. The van der Waals surface area contributed by atoms with Gasteiger partial charge in [0.05, 0.1) is 5.69 Å². The molecule has 0 aliphatic rings. The number of carbonyl (C=O) groups is 1. The fourth-order valence-corrected chi connectivity index (χ4v) is 1.85. The molecule has 92 valence electrons. The van der Waals surface area contributed by atoms with E-state index in [9.17, 15) is 17.6 Å². The molecular formula is C10H11FN2O3S. The Morgan fingerprint density at radius 3 is 2.65 bits per heavy atom. The minimum Gasteiger partial charge on any atom is -0.321 e. The molecule has 3 N–H and O–H groups in total. The first-order valence-electron chi connectivity index (χ1n) is 4.60. The largest absolute Gasteiger partial charge is 0.321 e. The number of allylic oxidation sites excluding steroid dienone is 1. The molecule has 0 aliphatic heterocycles. The number of nitrogens with two attached hydrogens (primary N) is 1. The second-order valence-corrected chi connectivity index (χ2v) is 4.70. The molecular weight excluding hydrogens is 247 g/mol. The van der Waals surface area contributed by atoms with E-state index in [0.29, 0.717) is 0 Å². The smallest absolute Gasteiger partial charge is 0.248 e. The molecule has 0 aliphatic carbocycles. The van der Waals surface area contributed by atoms with Gasteiger partial charge >= 0.3 is 0 Å². The number of carbonyl (C=O) groups excluding carboxylic acids is 1. The van der Waals surface area contributed by atoms with Crippen molar-refractivity contribution in [2.75, 3.05) is 5.32 Å². The van der Waals surface area contributed by atoms with Crippen LogP contribution in [0.2, 0.25) is 0 Å². The Balaban J connectivity index is 3.22. The lowest BCUT2D eigenvalue weighted by Crippen LogP contribution is -2.17. The number of halogens is 1. The summed E-state index contributed by atoms with van der Waals surface area (Å²) in [4.78, 5) is 10.9. The second kappa shape index (κ2) is 5.07. The molecule has 5 nitrogen and oxygen atoms in total. The molecule has 0 spiro atoms. The van der Waals surface area contributed by atoms with Crippen molar-refractivity contribution in [1.82, 2.24) is 0 Å². The van der Waals surface area contributed by atoms with Crippen molar-refractivity contribution in [3.63, 3.8) is 0 Å². The van der Waals surface area contributed by atoms with E-state index in [0.717, 1.165) is 18.2 Å². The van der Waals surface area contributed by atoms with Crippen LogP contribution in [0.1, 0.15) is 6.92 Å². The summed E-state index contributed by atoms with van der Waals surface area (Å²) in [5.41, 5.74) is -0.185. The fraction of sp³-hybridized carbons (Fsp3) is 0.100. The molecule has 0 saturated heterocycles. The van der Waals surface area contributed by atoms with Gasteiger partial charge in [0.15, 0.2) is 0 Å². The van der Waals surface area contributed by atoms with E-state index in [1.807, 2.05) is 0 Å². The Hall–Kier alpha value is -1.73. The number of rotatable bonds is 3. The van der Waals surface area contributed by atoms with Gasteiger partial charge in [0.2, 0.25) is 15.9 Å². The van der Waals surface area contributed by atoms with Gasteiger partial charge < -0.3 is 5.32 Å². The van der Waals surface area contributed by atoms with Crippen molar-refractivity contribution in [2.45, 2.75) is 11.8 Å². The van der Waals surface area contributed by atoms with Crippen molar-refractivity contribution >= 4 is 21.6 Å². The van der Waals surface area contributed by atoms with E-state index < -0.39 is 21.7 Å². The highest BCUT2D eigenvalue weighted by Gasteiger charge is 2.15. The maximum atomic E-state index is 13.0. The Bertz CT molecular complexity index is 567. The molecule has 0 bridgehead atoms. The van der Waals surface area contributed by atoms with Crippen LogP contribution < -0.4 is 10.5 Å². The third-order valence-electron chi connectivity index (χ3n) is 1.82. The first kappa shape index (κ1) is 13.3. The number of nitrogens with one attached hydrogen (secondary N) is 1. The third kappa shape index (κ3) is 3.65. The van der Waals surface area contributed by atoms with E-state index in [-0.39, 0.29) is 10.6 Å². The summed E-state index contributed by atoms with van der Waals surface area (Å²) >= 11 is 0. The Morgan fingerprint density at radius 2 is 2.12 bits per heavy atom. The zero-order chi connectivity index (χ0) is 13.1. The van der Waals surface area contributed by atoms with Crippen LogP contribution in [0.4, 0.5) is 10.1 Å². The van der Waals surface area contributed by atoms with E-state index in [2.05, 4.69) is 5.32 Å². The maximum absolute atomic E-state index is 13.0. The summed E-state index contributed by atoms with van der Waals surface area (Å²) in [7, 11) is -4.02. The summed E-state index contributed by atoms with van der Waals surface area (Å²) in [6.07, 6.45) is 2.64. The van der Waals surface area contributed by atoms with Gasteiger partial charge in [-0.2, -0.15) is 0 Å². The number of hydrogen-bond donors (Lipinski definition) is 2. The molecule has 0 radical (unpaired) electrons. The molecule has 17 heavy (non-hydrogen) atoms. The second-order valence-electron chi connectivity index (χ2n) is 3.17. The minimum absolute atomic E-state index is 0.185. The molecule has 0 atom stereocenters. The molecule has 0 fully saturated rings. The van der Waals surface area contributed by atoms with Gasteiger partial charge in [-0.15, -0.1) is 0 Å². The zero-order valence-corrected chi connectivity index (χ0v) is 9.79. The minimum atomic E-state index is -4.02. The molecule has 0 saturated carbocycles. The lowest BCUT2D eigenvalue weighted by molar-refractivity contribution is -0.111. The maximum Gasteiger partial charge on any atom is 0.248 e. The molecule has 1 aromatic rings. The Morgan fingerprint density at radius 1 is 1.47 bits per heavy atom. The van der Waals surface area contributed by atoms with Crippen LogP contribution in [0.3, 0.4) is 0 Å². The monoisotopic (exact) mass is 258 g/mol. The quantitative estimate of drug-likeness (QED) is 0.792. The van der Waals surface area contributed by atoms with Gasteiger partial charge in [0, 0.05) is 0 Å². The zero-order valence-electron chi connectivity index (χ0n) is 8.98. The molecule has 0 aromatic heterocycles. The number of amides is 1. The van der Waals surface area contributed by atoms with Crippen molar-refractivity contribution in [2.24, 2.45) is 5.14 Å². The van der Waals surface area contributed by atoms with Crippen molar-refractivity contribution in [1.29, 1.82) is 0 Å². The standard InChI is InChI=1S/C10H11FN2O3S/c1-2-3-10(14)13-8-6-7(11)4-5-9(8)17(12,15)16/h2-6H,1H3,(H,13,14)(H2,12,15,16). The SMILES string of the molecule is CC=CC(=O)Nc1cc(F)ccc1S(N)(=O)=O. The van der Waals surface area contributed by atoms with Crippen molar-refractivity contribution in [3.8, 4) is 0 Å². The first-order valence-corrected chi connectivity index (χ1v) is 6.15. The van der Waals surface area contributed by atoms with Crippen LogP contribution in [0.5, 0.6) is 0 Å². The Labute approximate surface area is 98.2 Å². The summed E-state index contributed by atoms with van der Waals surface area (Å²) in [6, 6.07) is 2.84. The molecule has 7 heteroatoms. The average Bonchev–Trinajstić information content (AvgIpc) is 2.15. The first-order chi connectivity index (χ1) is 7.84. The summed E-state index contributed by atoms with van der Waals surface area (Å²) in [6.45, 7) is 1.62. The number of sulfonamides is 1. The van der Waals surface area contributed by atoms with Gasteiger partial charge in [-0.3, -0.25) is 4.79 Å². The number of primary sulfonamides is 1. The lowest BCUT2D eigenvalue weighted by Gasteiger charge is -2.08. The van der Waals surface area contributed by atoms with Crippen LogP contribution in [0.25, 0.3) is 0 Å². The average molecular weight is 258 g/mol. The van der Waals surface area contributed by atoms with Crippen LogP contribution in [-0.4, -0.2) is 14.3 Å². The highest BCUT2D eigenvalue weighted by Crippen LogP contribution is 2.21. The topological polar surface area (TPSA) is 89.3 Å². The van der Waals surface area contributed by atoms with Crippen LogP contribution in [-0.2, 0) is 14.8 Å². The molecule has 0 heterocycles. The van der Waals surface area contributed by atoms with Crippen LogP contribution in [0, 0.1) is 5.82 Å². The Kier molecular flexibility index (Phi) is 3.97. The van der Waals surface area contributed by atoms with E-state index in [1.165, 1.54) is 12.2 Å². The van der Waals surface area contributed by atoms with Crippen LogP contribution >= 0.6 is 0 Å². The third-order valence-corrected chi connectivity index (χ3v) is 2.79. The van der Waals surface area contributed by atoms with E-state index >= 15 is 0 Å².